The molecule has 0 bridgehead atoms. The van der Waals surface area contributed by atoms with Gasteiger partial charge in [0.15, 0.2) is 23.0 Å². The molecule has 2 aromatic rings. The average Bonchev–Trinajstić information content (AvgIpc) is 2.80. The smallest absolute Gasteiger partial charge is 0.253 e. The van der Waals surface area contributed by atoms with Gasteiger partial charge in [0.2, 0.25) is 5.91 Å². The first-order chi connectivity index (χ1) is 15.0. The fourth-order valence-electron chi connectivity index (χ4n) is 2.74. The Morgan fingerprint density at radius 2 is 1.52 bits per heavy atom. The fraction of sp³-hybridized carbons (Fsp3) is 0.273. The van der Waals surface area contributed by atoms with E-state index >= 15 is 0 Å². The highest BCUT2D eigenvalue weighted by atomic mass is 16.5. The third kappa shape index (κ3) is 6.13. The van der Waals surface area contributed by atoms with E-state index in [2.05, 4.69) is 10.6 Å². The second-order valence-corrected chi connectivity index (χ2v) is 6.17. The maximum absolute atomic E-state index is 12.5. The van der Waals surface area contributed by atoms with Gasteiger partial charge < -0.3 is 34.7 Å². The van der Waals surface area contributed by atoms with E-state index in [-0.39, 0.29) is 24.4 Å². The van der Waals surface area contributed by atoms with Crippen molar-refractivity contribution >= 4 is 23.6 Å². The van der Waals surface area contributed by atoms with E-state index in [1.807, 2.05) is 0 Å². The number of hydrogen-bond donors (Lipinski definition) is 3. The summed E-state index contributed by atoms with van der Waals surface area (Å²) in [6.07, 6.45) is 2.93. The number of rotatable bonds is 10. The van der Waals surface area contributed by atoms with Crippen molar-refractivity contribution in [2.24, 2.45) is 0 Å². The summed E-state index contributed by atoms with van der Waals surface area (Å²) in [6.45, 7) is -0.144. The van der Waals surface area contributed by atoms with E-state index < -0.39 is 11.8 Å². The summed E-state index contributed by atoms with van der Waals surface area (Å²) in [4.78, 5) is 25.0. The van der Waals surface area contributed by atoms with Crippen LogP contribution in [0.25, 0.3) is 6.08 Å². The lowest BCUT2D eigenvalue weighted by Crippen LogP contribution is -2.27. The molecule has 166 valence electrons. The molecule has 0 saturated carbocycles. The number of anilines is 1. The molecule has 0 heterocycles. The van der Waals surface area contributed by atoms with Crippen molar-refractivity contribution in [1.29, 1.82) is 0 Å². The maximum atomic E-state index is 12.5. The molecular weight excluding hydrogens is 404 g/mol. The number of nitrogens with one attached hydrogen (secondary N) is 2. The normalized spacial score (nSPS) is 10.5. The van der Waals surface area contributed by atoms with Crippen molar-refractivity contribution in [2.75, 3.05) is 46.9 Å². The molecule has 0 atom stereocenters. The van der Waals surface area contributed by atoms with Crippen LogP contribution in [0.2, 0.25) is 0 Å². The Balaban J connectivity index is 2.28. The van der Waals surface area contributed by atoms with Crippen LogP contribution in [0, 0.1) is 0 Å². The van der Waals surface area contributed by atoms with Gasteiger partial charge in [-0.1, -0.05) is 6.07 Å². The Morgan fingerprint density at radius 1 is 0.903 bits per heavy atom. The summed E-state index contributed by atoms with van der Waals surface area (Å²) in [5.41, 5.74) is 1.12. The second kappa shape index (κ2) is 11.5. The largest absolute Gasteiger partial charge is 0.493 e. The van der Waals surface area contributed by atoms with Gasteiger partial charge in [0.05, 0.1) is 46.3 Å². The Labute approximate surface area is 180 Å². The predicted molar refractivity (Wildman–Crippen MR) is 116 cm³/mol. The zero-order chi connectivity index (χ0) is 22.8. The monoisotopic (exact) mass is 430 g/mol. The molecule has 0 aliphatic heterocycles. The van der Waals surface area contributed by atoms with Gasteiger partial charge in [-0.15, -0.1) is 0 Å². The number of aliphatic hydroxyl groups is 1. The van der Waals surface area contributed by atoms with Gasteiger partial charge in [-0.2, -0.15) is 0 Å². The quantitative estimate of drug-likeness (QED) is 0.495. The standard InChI is InChI=1S/C22H26N2O7/c1-28-17-7-5-14(11-18(17)29-2)6-8-21(26)24-16-13-20(31-4)19(30-3)12-15(16)22(27)23-9-10-25/h5-8,11-13,25H,9-10H2,1-4H3,(H,23,27)(H,24,26)/b8-6+. The van der Waals surface area contributed by atoms with Gasteiger partial charge in [0.1, 0.15) is 0 Å². The number of hydrogen-bond acceptors (Lipinski definition) is 7. The predicted octanol–water partition coefficient (Wildman–Crippen LogP) is 2.09. The van der Waals surface area contributed by atoms with Gasteiger partial charge >= 0.3 is 0 Å². The molecule has 0 aliphatic rings. The molecule has 2 aromatic carbocycles. The first-order valence-electron chi connectivity index (χ1n) is 9.33. The van der Waals surface area contributed by atoms with Crippen molar-refractivity contribution in [3.63, 3.8) is 0 Å². The lowest BCUT2D eigenvalue weighted by Gasteiger charge is -2.15. The molecule has 2 amide bonds. The van der Waals surface area contributed by atoms with Crippen LogP contribution in [-0.4, -0.2) is 58.5 Å². The highest BCUT2D eigenvalue weighted by Crippen LogP contribution is 2.33. The topological polar surface area (TPSA) is 115 Å². The van der Waals surface area contributed by atoms with Crippen LogP contribution in [-0.2, 0) is 4.79 Å². The Bertz CT molecular complexity index is 957. The second-order valence-electron chi connectivity index (χ2n) is 6.17. The van der Waals surface area contributed by atoms with Crippen molar-refractivity contribution in [2.45, 2.75) is 0 Å². The molecule has 2 rings (SSSR count). The Hall–Kier alpha value is -3.72. The van der Waals surface area contributed by atoms with Gasteiger partial charge in [0, 0.05) is 18.7 Å². The van der Waals surface area contributed by atoms with Gasteiger partial charge in [-0.05, 0) is 29.8 Å². The van der Waals surface area contributed by atoms with Crippen molar-refractivity contribution in [3.05, 3.63) is 47.5 Å². The van der Waals surface area contributed by atoms with E-state index in [0.717, 1.165) is 5.56 Å². The van der Waals surface area contributed by atoms with Crippen LogP contribution < -0.4 is 29.6 Å². The number of methoxy groups -OCH3 is 4. The van der Waals surface area contributed by atoms with Gasteiger partial charge in [-0.25, -0.2) is 0 Å². The summed E-state index contributed by atoms with van der Waals surface area (Å²) in [5, 5.41) is 14.2. The lowest BCUT2D eigenvalue weighted by atomic mass is 10.1. The van der Waals surface area contributed by atoms with Gasteiger partial charge in [-0.3, -0.25) is 9.59 Å². The number of aliphatic hydroxyl groups excluding tert-OH is 1. The zero-order valence-electron chi connectivity index (χ0n) is 17.9. The number of ether oxygens (including phenoxy) is 4. The van der Waals surface area contributed by atoms with E-state index in [0.29, 0.717) is 23.0 Å². The highest BCUT2D eigenvalue weighted by Gasteiger charge is 2.18. The van der Waals surface area contributed by atoms with Crippen molar-refractivity contribution in [1.82, 2.24) is 5.32 Å². The molecule has 0 unspecified atom stereocenters. The van der Waals surface area contributed by atoms with Crippen LogP contribution in [0.5, 0.6) is 23.0 Å². The lowest BCUT2D eigenvalue weighted by molar-refractivity contribution is -0.111. The fourth-order valence-corrected chi connectivity index (χ4v) is 2.74. The minimum absolute atomic E-state index is 0.0692. The maximum Gasteiger partial charge on any atom is 0.253 e. The molecule has 0 radical (unpaired) electrons. The van der Waals surface area contributed by atoms with Crippen LogP contribution in [0.15, 0.2) is 36.4 Å². The number of carbonyl (C=O) groups excluding carboxylic acids is 2. The van der Waals surface area contributed by atoms with Crippen molar-refractivity contribution < 1.29 is 33.6 Å². The van der Waals surface area contributed by atoms with Gasteiger partial charge in [0.25, 0.3) is 5.91 Å². The van der Waals surface area contributed by atoms with Crippen LogP contribution in [0.4, 0.5) is 5.69 Å². The molecule has 9 nitrogen and oxygen atoms in total. The summed E-state index contributed by atoms with van der Waals surface area (Å²) in [6, 6.07) is 8.19. The molecule has 0 aromatic heterocycles. The summed E-state index contributed by atoms with van der Waals surface area (Å²) in [7, 11) is 5.96. The molecule has 0 saturated heterocycles. The minimum Gasteiger partial charge on any atom is -0.493 e. The number of benzene rings is 2. The van der Waals surface area contributed by atoms with E-state index in [4.69, 9.17) is 24.1 Å². The highest BCUT2D eigenvalue weighted by molar-refractivity contribution is 6.08. The van der Waals surface area contributed by atoms with Crippen molar-refractivity contribution in [3.8, 4) is 23.0 Å². The zero-order valence-corrected chi connectivity index (χ0v) is 17.9. The summed E-state index contributed by atoms with van der Waals surface area (Å²) in [5.74, 6) is 0.851. The first-order valence-corrected chi connectivity index (χ1v) is 9.33. The molecule has 0 fully saturated rings. The molecule has 3 N–H and O–H groups in total. The molecule has 0 spiro atoms. The van der Waals surface area contributed by atoms with E-state index in [1.165, 1.54) is 46.6 Å². The molecule has 0 aliphatic carbocycles. The van der Waals surface area contributed by atoms with E-state index in [1.54, 1.807) is 24.3 Å². The molecular formula is C22H26N2O7. The Morgan fingerprint density at radius 3 is 2.13 bits per heavy atom. The number of amides is 2. The summed E-state index contributed by atoms with van der Waals surface area (Å²) >= 11 is 0. The first kappa shape index (κ1) is 23.6. The Kier molecular flexibility index (Phi) is 8.71. The number of carbonyl (C=O) groups is 2. The SMILES string of the molecule is COc1ccc(/C=C/C(=O)Nc2cc(OC)c(OC)cc2C(=O)NCCO)cc1OC. The van der Waals surface area contributed by atoms with Crippen LogP contribution in [0.3, 0.4) is 0 Å². The average molecular weight is 430 g/mol. The molecule has 9 heteroatoms. The summed E-state index contributed by atoms with van der Waals surface area (Å²) < 4.78 is 20.9. The van der Waals surface area contributed by atoms with E-state index in [9.17, 15) is 9.59 Å². The molecule has 31 heavy (non-hydrogen) atoms. The van der Waals surface area contributed by atoms with Crippen LogP contribution >= 0.6 is 0 Å². The van der Waals surface area contributed by atoms with Crippen LogP contribution in [0.1, 0.15) is 15.9 Å². The third-order valence-corrected chi connectivity index (χ3v) is 4.26. The third-order valence-electron chi connectivity index (χ3n) is 4.26. The minimum atomic E-state index is -0.478.